The lowest BCUT2D eigenvalue weighted by molar-refractivity contribution is 0.0472. The van der Waals surface area contributed by atoms with Gasteiger partial charge in [0.05, 0.1) is 12.7 Å². The summed E-state index contributed by atoms with van der Waals surface area (Å²) >= 11 is 0. The molecule has 2 N–H and O–H groups in total. The van der Waals surface area contributed by atoms with Crippen molar-refractivity contribution < 1.29 is 18.7 Å². The number of benzene rings is 2. The SMILES string of the molecule is COc1ccc(COC(=O)c2ccc(N)cc2)cc1F. The van der Waals surface area contributed by atoms with Crippen LogP contribution in [0.1, 0.15) is 15.9 Å². The fourth-order valence-electron chi connectivity index (χ4n) is 1.65. The highest BCUT2D eigenvalue weighted by Crippen LogP contribution is 2.18. The van der Waals surface area contributed by atoms with Crippen LogP contribution < -0.4 is 10.5 Å². The van der Waals surface area contributed by atoms with Gasteiger partial charge >= 0.3 is 5.97 Å². The standard InChI is InChI=1S/C15H14FNO3/c1-19-14-7-2-10(8-13(14)16)9-20-15(18)11-3-5-12(17)6-4-11/h2-8H,9,17H2,1H3. The van der Waals surface area contributed by atoms with Crippen LogP contribution in [0.5, 0.6) is 5.75 Å². The van der Waals surface area contributed by atoms with Crippen molar-refractivity contribution in [2.45, 2.75) is 6.61 Å². The van der Waals surface area contributed by atoms with Gasteiger partial charge in [0.25, 0.3) is 0 Å². The summed E-state index contributed by atoms with van der Waals surface area (Å²) in [4.78, 5) is 11.8. The van der Waals surface area contributed by atoms with Gasteiger partial charge < -0.3 is 15.2 Å². The predicted molar refractivity (Wildman–Crippen MR) is 72.9 cm³/mol. The molecule has 0 radical (unpaired) electrons. The molecule has 0 unspecified atom stereocenters. The lowest BCUT2D eigenvalue weighted by Gasteiger charge is -2.07. The number of anilines is 1. The molecular weight excluding hydrogens is 261 g/mol. The van der Waals surface area contributed by atoms with Crippen LogP contribution in [0.2, 0.25) is 0 Å². The van der Waals surface area contributed by atoms with Crippen LogP contribution in [-0.2, 0) is 11.3 Å². The summed E-state index contributed by atoms with van der Waals surface area (Å²) in [5.74, 6) is -0.826. The molecule has 5 heteroatoms. The minimum absolute atomic E-state index is 0.00980. The van der Waals surface area contributed by atoms with Crippen molar-refractivity contribution in [3.05, 3.63) is 59.4 Å². The molecular formula is C15H14FNO3. The summed E-state index contributed by atoms with van der Waals surface area (Å²) < 4.78 is 23.4. The van der Waals surface area contributed by atoms with E-state index >= 15 is 0 Å². The second-order valence-electron chi connectivity index (χ2n) is 4.17. The predicted octanol–water partition coefficient (Wildman–Crippen LogP) is 2.77. The van der Waals surface area contributed by atoms with Gasteiger partial charge in [-0.05, 0) is 42.0 Å². The number of esters is 1. The van der Waals surface area contributed by atoms with Crippen molar-refractivity contribution in [1.82, 2.24) is 0 Å². The van der Waals surface area contributed by atoms with E-state index in [1.807, 2.05) is 0 Å². The Morgan fingerprint density at radius 3 is 2.50 bits per heavy atom. The Morgan fingerprint density at radius 1 is 1.20 bits per heavy atom. The molecule has 0 atom stereocenters. The van der Waals surface area contributed by atoms with E-state index in [-0.39, 0.29) is 12.4 Å². The summed E-state index contributed by atoms with van der Waals surface area (Å²) in [6.45, 7) is -0.00980. The van der Waals surface area contributed by atoms with E-state index in [0.29, 0.717) is 16.8 Å². The van der Waals surface area contributed by atoms with E-state index in [9.17, 15) is 9.18 Å². The molecule has 2 aromatic rings. The Balaban J connectivity index is 1.99. The molecule has 0 bridgehead atoms. The highest BCUT2D eigenvalue weighted by molar-refractivity contribution is 5.89. The molecule has 0 aliphatic carbocycles. The van der Waals surface area contributed by atoms with E-state index in [1.54, 1.807) is 30.3 Å². The van der Waals surface area contributed by atoms with Crippen LogP contribution in [0.15, 0.2) is 42.5 Å². The largest absolute Gasteiger partial charge is 0.494 e. The molecule has 0 aliphatic heterocycles. The maximum absolute atomic E-state index is 13.5. The van der Waals surface area contributed by atoms with Gasteiger partial charge in [0, 0.05) is 5.69 Å². The highest BCUT2D eigenvalue weighted by Gasteiger charge is 2.08. The van der Waals surface area contributed by atoms with Crippen molar-refractivity contribution in [2.24, 2.45) is 0 Å². The first-order valence-corrected chi connectivity index (χ1v) is 5.95. The lowest BCUT2D eigenvalue weighted by Crippen LogP contribution is -2.05. The molecule has 0 aromatic heterocycles. The molecule has 4 nitrogen and oxygen atoms in total. The van der Waals surface area contributed by atoms with Crippen molar-refractivity contribution >= 4 is 11.7 Å². The van der Waals surface area contributed by atoms with Gasteiger partial charge in [-0.2, -0.15) is 0 Å². The third-order valence-electron chi connectivity index (χ3n) is 2.73. The van der Waals surface area contributed by atoms with E-state index in [0.717, 1.165) is 0 Å². The summed E-state index contributed by atoms with van der Waals surface area (Å²) in [6.07, 6.45) is 0. The van der Waals surface area contributed by atoms with E-state index in [1.165, 1.54) is 19.2 Å². The van der Waals surface area contributed by atoms with E-state index in [2.05, 4.69) is 0 Å². The van der Waals surface area contributed by atoms with Gasteiger partial charge in [-0.1, -0.05) is 6.07 Å². The second kappa shape index (κ2) is 6.06. The van der Waals surface area contributed by atoms with Crippen LogP contribution in [0.4, 0.5) is 10.1 Å². The average molecular weight is 275 g/mol. The van der Waals surface area contributed by atoms with Crippen LogP contribution in [0, 0.1) is 5.82 Å². The topological polar surface area (TPSA) is 61.5 Å². The fourth-order valence-corrected chi connectivity index (χ4v) is 1.65. The zero-order valence-corrected chi connectivity index (χ0v) is 10.9. The minimum atomic E-state index is -0.492. The fraction of sp³-hybridized carbons (Fsp3) is 0.133. The molecule has 0 heterocycles. The molecule has 20 heavy (non-hydrogen) atoms. The number of ether oxygens (including phenoxy) is 2. The maximum atomic E-state index is 13.5. The first-order chi connectivity index (χ1) is 9.60. The molecule has 0 aliphatic rings. The Labute approximate surface area is 115 Å². The zero-order valence-electron chi connectivity index (χ0n) is 10.9. The van der Waals surface area contributed by atoms with Crippen LogP contribution >= 0.6 is 0 Å². The summed E-state index contributed by atoms with van der Waals surface area (Å²) in [5, 5.41) is 0. The zero-order chi connectivity index (χ0) is 14.5. The van der Waals surface area contributed by atoms with Gasteiger partial charge in [0.15, 0.2) is 11.6 Å². The van der Waals surface area contributed by atoms with Crippen molar-refractivity contribution in [1.29, 1.82) is 0 Å². The minimum Gasteiger partial charge on any atom is -0.494 e. The first-order valence-electron chi connectivity index (χ1n) is 5.95. The van der Waals surface area contributed by atoms with Gasteiger partial charge in [0.1, 0.15) is 6.61 Å². The summed E-state index contributed by atoms with van der Waals surface area (Å²) in [7, 11) is 1.39. The smallest absolute Gasteiger partial charge is 0.338 e. The second-order valence-corrected chi connectivity index (χ2v) is 4.17. The number of halogens is 1. The normalized spacial score (nSPS) is 10.1. The van der Waals surface area contributed by atoms with Crippen LogP contribution in [0.3, 0.4) is 0 Å². The van der Waals surface area contributed by atoms with Crippen molar-refractivity contribution in [2.75, 3.05) is 12.8 Å². The van der Waals surface area contributed by atoms with Gasteiger partial charge in [-0.15, -0.1) is 0 Å². The molecule has 0 saturated carbocycles. The highest BCUT2D eigenvalue weighted by atomic mass is 19.1. The van der Waals surface area contributed by atoms with E-state index in [4.69, 9.17) is 15.2 Å². The van der Waals surface area contributed by atoms with Crippen molar-refractivity contribution in [3.63, 3.8) is 0 Å². The molecule has 2 rings (SSSR count). The third-order valence-corrected chi connectivity index (χ3v) is 2.73. The number of nitrogen functional groups attached to an aromatic ring is 1. The Bertz CT molecular complexity index is 611. The quantitative estimate of drug-likeness (QED) is 0.688. The molecule has 0 saturated heterocycles. The monoisotopic (exact) mass is 275 g/mol. The number of hydrogen-bond donors (Lipinski definition) is 1. The van der Waals surface area contributed by atoms with E-state index < -0.39 is 11.8 Å². The molecule has 0 amide bonds. The summed E-state index contributed by atoms with van der Waals surface area (Å²) in [5.41, 5.74) is 7.04. The number of nitrogens with two attached hydrogens (primary N) is 1. The van der Waals surface area contributed by atoms with Crippen molar-refractivity contribution in [3.8, 4) is 5.75 Å². The number of carbonyl (C=O) groups excluding carboxylic acids is 1. The molecule has 2 aromatic carbocycles. The van der Waals surface area contributed by atoms with Gasteiger partial charge in [0.2, 0.25) is 0 Å². The number of rotatable bonds is 4. The Hall–Kier alpha value is -2.56. The first kappa shape index (κ1) is 13.9. The van der Waals surface area contributed by atoms with Gasteiger partial charge in [-0.3, -0.25) is 0 Å². The van der Waals surface area contributed by atoms with Crippen LogP contribution in [-0.4, -0.2) is 13.1 Å². The third kappa shape index (κ3) is 3.26. The lowest BCUT2D eigenvalue weighted by atomic mass is 10.2. The van der Waals surface area contributed by atoms with Crippen LogP contribution in [0.25, 0.3) is 0 Å². The molecule has 0 spiro atoms. The number of hydrogen-bond acceptors (Lipinski definition) is 4. The summed E-state index contributed by atoms with van der Waals surface area (Å²) in [6, 6.07) is 10.8. The number of carbonyl (C=O) groups is 1. The Kier molecular flexibility index (Phi) is 4.20. The maximum Gasteiger partial charge on any atom is 0.338 e. The van der Waals surface area contributed by atoms with Gasteiger partial charge in [-0.25, -0.2) is 9.18 Å². The number of methoxy groups -OCH3 is 1. The molecule has 104 valence electrons. The Morgan fingerprint density at radius 2 is 1.90 bits per heavy atom. The average Bonchev–Trinajstić information content (AvgIpc) is 2.45. The molecule has 0 fully saturated rings.